The molecule has 1 aliphatic rings. The molecule has 120 valence electrons. The van der Waals surface area contributed by atoms with Gasteiger partial charge in [0, 0.05) is 24.6 Å². The fourth-order valence-corrected chi connectivity index (χ4v) is 3.12. The summed E-state index contributed by atoms with van der Waals surface area (Å²) < 4.78 is 13.6. The summed E-state index contributed by atoms with van der Waals surface area (Å²) in [5, 5.41) is 11.9. The van der Waals surface area contributed by atoms with Crippen LogP contribution in [0.2, 0.25) is 0 Å². The lowest BCUT2D eigenvalue weighted by molar-refractivity contribution is 0.111. The molecule has 0 spiro atoms. The average Bonchev–Trinajstić information content (AvgIpc) is 2.62. The van der Waals surface area contributed by atoms with Crippen molar-refractivity contribution in [1.82, 2.24) is 15.2 Å². The molecule has 2 aromatic heterocycles. The number of hydrogen-bond acceptors (Lipinski definition) is 4. The maximum Gasteiger partial charge on any atom is 0.149 e. The lowest BCUT2D eigenvalue weighted by Crippen LogP contribution is -2.49. The van der Waals surface area contributed by atoms with E-state index in [2.05, 4.69) is 20.5 Å². The number of pyridine rings is 1. The summed E-state index contributed by atoms with van der Waals surface area (Å²) >= 11 is 0. The summed E-state index contributed by atoms with van der Waals surface area (Å²) in [4.78, 5) is 4.39. The fourth-order valence-electron chi connectivity index (χ4n) is 3.12. The predicted molar refractivity (Wildman–Crippen MR) is 91.1 cm³/mol. The minimum atomic E-state index is -0.809. The summed E-state index contributed by atoms with van der Waals surface area (Å²) in [5.41, 5.74) is 2.17. The molecule has 3 aromatic rings. The van der Waals surface area contributed by atoms with Crippen LogP contribution >= 0.6 is 0 Å². The number of rotatable bonds is 4. The van der Waals surface area contributed by atoms with Gasteiger partial charge in [0.2, 0.25) is 0 Å². The molecule has 0 unspecified atom stereocenters. The van der Waals surface area contributed by atoms with Gasteiger partial charge in [-0.1, -0.05) is 36.4 Å². The Morgan fingerprint density at radius 3 is 2.33 bits per heavy atom. The van der Waals surface area contributed by atoms with Gasteiger partial charge in [0.25, 0.3) is 0 Å². The molecule has 1 aliphatic carbocycles. The Bertz CT molecular complexity index is 800. The first-order valence-electron chi connectivity index (χ1n) is 7.98. The van der Waals surface area contributed by atoms with Gasteiger partial charge in [-0.2, -0.15) is 0 Å². The summed E-state index contributed by atoms with van der Waals surface area (Å²) in [6.45, 7) is 0. The zero-order valence-electron chi connectivity index (χ0n) is 13.1. The van der Waals surface area contributed by atoms with Crippen molar-refractivity contribution >= 4 is 5.82 Å². The first kappa shape index (κ1) is 14.8. The maximum absolute atomic E-state index is 13.6. The molecule has 1 N–H and O–H groups in total. The predicted octanol–water partition coefficient (Wildman–Crippen LogP) is 3.98. The molecule has 1 saturated carbocycles. The van der Waals surface area contributed by atoms with E-state index in [-0.39, 0.29) is 0 Å². The molecule has 24 heavy (non-hydrogen) atoms. The molecular formula is C19H17FN4. The van der Waals surface area contributed by atoms with Gasteiger partial charge in [-0.15, -0.1) is 10.2 Å². The van der Waals surface area contributed by atoms with Crippen LogP contribution in [0.25, 0.3) is 11.3 Å². The minimum Gasteiger partial charge on any atom is -0.357 e. The topological polar surface area (TPSA) is 50.7 Å². The van der Waals surface area contributed by atoms with E-state index in [9.17, 15) is 4.39 Å². The third-order valence-electron chi connectivity index (χ3n) is 4.40. The van der Waals surface area contributed by atoms with Gasteiger partial charge < -0.3 is 5.32 Å². The standard InChI is InChI=1S/C19H17FN4/c20-15-12-19(13-15,17-8-4-5-11-21-17)22-18-10-9-16(23-24-18)14-6-2-1-3-7-14/h1-11,15H,12-13H2,(H,22,24). The molecule has 2 heterocycles. The molecule has 5 heteroatoms. The smallest absolute Gasteiger partial charge is 0.149 e. The van der Waals surface area contributed by atoms with Crippen LogP contribution < -0.4 is 5.32 Å². The van der Waals surface area contributed by atoms with Gasteiger partial charge in [-0.3, -0.25) is 4.98 Å². The third kappa shape index (κ3) is 2.73. The first-order valence-corrected chi connectivity index (χ1v) is 7.98. The molecule has 0 radical (unpaired) electrons. The normalized spacial score (nSPS) is 22.6. The van der Waals surface area contributed by atoms with Crippen LogP contribution in [0.3, 0.4) is 0 Å². The summed E-state index contributed by atoms with van der Waals surface area (Å²) in [6.07, 6.45) is 1.71. The van der Waals surface area contributed by atoms with Gasteiger partial charge in [-0.25, -0.2) is 4.39 Å². The van der Waals surface area contributed by atoms with Crippen LogP contribution in [0, 0.1) is 0 Å². The zero-order chi connectivity index (χ0) is 16.4. The molecule has 1 fully saturated rings. The monoisotopic (exact) mass is 320 g/mol. The number of hydrogen-bond donors (Lipinski definition) is 1. The molecular weight excluding hydrogens is 303 g/mol. The van der Waals surface area contributed by atoms with E-state index in [1.54, 1.807) is 6.20 Å². The van der Waals surface area contributed by atoms with Crippen molar-refractivity contribution < 1.29 is 4.39 Å². The van der Waals surface area contributed by atoms with Crippen molar-refractivity contribution in [2.45, 2.75) is 24.6 Å². The number of nitrogens with zero attached hydrogens (tertiary/aromatic N) is 3. The summed E-state index contributed by atoms with van der Waals surface area (Å²) in [6, 6.07) is 19.4. The number of anilines is 1. The fraction of sp³-hybridized carbons (Fsp3) is 0.211. The van der Waals surface area contributed by atoms with Gasteiger partial charge >= 0.3 is 0 Å². The number of nitrogens with one attached hydrogen (secondary N) is 1. The van der Waals surface area contributed by atoms with Gasteiger partial charge in [-0.05, 0) is 24.3 Å². The van der Waals surface area contributed by atoms with Gasteiger partial charge in [0.15, 0.2) is 0 Å². The highest BCUT2D eigenvalue weighted by atomic mass is 19.1. The van der Waals surface area contributed by atoms with Crippen LogP contribution in [0.4, 0.5) is 10.2 Å². The van der Waals surface area contributed by atoms with Crippen molar-refractivity contribution in [3.05, 3.63) is 72.6 Å². The average molecular weight is 320 g/mol. The number of benzene rings is 1. The summed E-state index contributed by atoms with van der Waals surface area (Å²) in [7, 11) is 0. The molecule has 4 nitrogen and oxygen atoms in total. The van der Waals surface area contributed by atoms with E-state index in [1.807, 2.05) is 60.7 Å². The first-order chi connectivity index (χ1) is 11.8. The highest BCUT2D eigenvalue weighted by molar-refractivity contribution is 5.59. The quantitative estimate of drug-likeness (QED) is 0.790. The van der Waals surface area contributed by atoms with Gasteiger partial charge in [0.05, 0.1) is 16.9 Å². The van der Waals surface area contributed by atoms with E-state index < -0.39 is 11.7 Å². The second-order valence-electron chi connectivity index (χ2n) is 6.10. The maximum atomic E-state index is 13.6. The van der Waals surface area contributed by atoms with Gasteiger partial charge in [0.1, 0.15) is 12.0 Å². The van der Waals surface area contributed by atoms with Crippen LogP contribution in [0.5, 0.6) is 0 Å². The van der Waals surface area contributed by atoms with Crippen molar-refractivity contribution in [3.8, 4) is 11.3 Å². The Hall–Kier alpha value is -2.82. The summed E-state index contributed by atoms with van der Waals surface area (Å²) in [5.74, 6) is 0.632. The van der Waals surface area contributed by atoms with Crippen molar-refractivity contribution in [2.75, 3.05) is 5.32 Å². The Labute approximate surface area is 139 Å². The molecule has 1 aromatic carbocycles. The molecule has 4 rings (SSSR count). The lowest BCUT2D eigenvalue weighted by Gasteiger charge is -2.44. The van der Waals surface area contributed by atoms with E-state index in [1.165, 1.54) is 0 Å². The van der Waals surface area contributed by atoms with E-state index >= 15 is 0 Å². The SMILES string of the molecule is FC1CC(Nc2ccc(-c3ccccc3)nn2)(c2ccccn2)C1. The van der Waals surface area contributed by atoms with Crippen LogP contribution in [-0.2, 0) is 5.54 Å². The number of aromatic nitrogens is 3. The Kier molecular flexibility index (Phi) is 3.69. The third-order valence-corrected chi connectivity index (χ3v) is 4.40. The molecule has 0 aliphatic heterocycles. The van der Waals surface area contributed by atoms with E-state index in [0.717, 1.165) is 17.0 Å². The number of halogens is 1. The van der Waals surface area contributed by atoms with Crippen LogP contribution in [0.1, 0.15) is 18.5 Å². The van der Waals surface area contributed by atoms with Crippen LogP contribution in [0.15, 0.2) is 66.9 Å². The molecule has 0 saturated heterocycles. The molecule has 0 atom stereocenters. The van der Waals surface area contributed by atoms with E-state index in [4.69, 9.17) is 0 Å². The second kappa shape index (κ2) is 6.00. The minimum absolute atomic E-state index is 0.395. The lowest BCUT2D eigenvalue weighted by atomic mass is 9.72. The Balaban J connectivity index is 1.58. The number of alkyl halides is 1. The highest BCUT2D eigenvalue weighted by Crippen LogP contribution is 2.44. The highest BCUT2D eigenvalue weighted by Gasteiger charge is 2.47. The second-order valence-corrected chi connectivity index (χ2v) is 6.10. The molecule has 0 amide bonds. The zero-order valence-corrected chi connectivity index (χ0v) is 13.1. The molecule has 0 bridgehead atoms. The Morgan fingerprint density at radius 1 is 0.917 bits per heavy atom. The Morgan fingerprint density at radius 2 is 1.71 bits per heavy atom. The van der Waals surface area contributed by atoms with Crippen molar-refractivity contribution in [2.24, 2.45) is 0 Å². The van der Waals surface area contributed by atoms with Crippen molar-refractivity contribution in [3.63, 3.8) is 0 Å². The van der Waals surface area contributed by atoms with E-state index in [0.29, 0.717) is 18.7 Å². The largest absolute Gasteiger partial charge is 0.357 e. The van der Waals surface area contributed by atoms with Crippen molar-refractivity contribution in [1.29, 1.82) is 0 Å². The van der Waals surface area contributed by atoms with Crippen LogP contribution in [-0.4, -0.2) is 21.4 Å².